The summed E-state index contributed by atoms with van der Waals surface area (Å²) in [6, 6.07) is 87.4. The predicted octanol–water partition coefficient (Wildman–Crippen LogP) is 17.9. The Balaban J connectivity index is 1.23. The molecule has 0 heterocycles. The molecule has 0 amide bonds. The largest absolute Gasteiger partial charge is 0.399 e. The van der Waals surface area contributed by atoms with Crippen LogP contribution in [0.4, 0.5) is 56.9 Å². The van der Waals surface area contributed by atoms with Gasteiger partial charge in [-0.3, -0.25) is 0 Å². The summed E-state index contributed by atoms with van der Waals surface area (Å²) < 4.78 is 0. The SMILES string of the molecule is Cc1cccc(N(c2ccc(-c3c(-c4ccc(N)cc4)ccc(N(c4ccccc4)c4ccccc4)c3-c3ccc(N(c4cccc(C)c4)c4cccc(C)c4)cc3)cc2)c2cccc(C)c2)c1. The normalized spacial score (nSPS) is 11.0. The van der Waals surface area contributed by atoms with Crippen molar-refractivity contribution in [2.75, 3.05) is 20.4 Å². The third kappa shape index (κ3) is 9.00. The van der Waals surface area contributed by atoms with Crippen LogP contribution in [0.2, 0.25) is 0 Å². The molecule has 0 aliphatic heterocycles. The van der Waals surface area contributed by atoms with Crippen LogP contribution < -0.4 is 20.4 Å². The fraction of sp³-hybridized carbons (Fsp3) is 0.0625. The summed E-state index contributed by atoms with van der Waals surface area (Å²) in [5.41, 5.74) is 28.3. The first kappa shape index (κ1) is 43.3. The number of benzene rings is 10. The second-order valence-corrected chi connectivity index (χ2v) is 17.6. The fourth-order valence-corrected chi connectivity index (χ4v) is 9.37. The van der Waals surface area contributed by atoms with E-state index < -0.39 is 0 Å². The predicted molar refractivity (Wildman–Crippen MR) is 290 cm³/mol. The van der Waals surface area contributed by atoms with Crippen molar-refractivity contribution in [3.05, 3.63) is 265 Å². The molecule has 10 rings (SSSR count). The molecule has 0 atom stereocenters. The molecule has 0 unspecified atom stereocenters. The van der Waals surface area contributed by atoms with E-state index in [0.29, 0.717) is 0 Å². The maximum absolute atomic E-state index is 6.35. The number of hydrogen-bond donors (Lipinski definition) is 1. The van der Waals surface area contributed by atoms with Crippen LogP contribution in [0.25, 0.3) is 33.4 Å². The van der Waals surface area contributed by atoms with Gasteiger partial charge in [0.2, 0.25) is 0 Å². The molecule has 2 N–H and O–H groups in total. The van der Waals surface area contributed by atoms with Crippen LogP contribution in [0, 0.1) is 27.7 Å². The Morgan fingerprint density at radius 3 is 0.985 bits per heavy atom. The smallest absolute Gasteiger partial charge is 0.0546 e. The van der Waals surface area contributed by atoms with Gasteiger partial charge in [-0.05, 0) is 193 Å². The minimum absolute atomic E-state index is 0.727. The van der Waals surface area contributed by atoms with Crippen molar-refractivity contribution in [3.63, 3.8) is 0 Å². The Hall–Kier alpha value is -8.60. The molecule has 10 aromatic rings. The first-order valence-corrected chi connectivity index (χ1v) is 23.3. The van der Waals surface area contributed by atoms with Gasteiger partial charge in [0, 0.05) is 56.7 Å². The monoisotopic (exact) mass is 878 g/mol. The van der Waals surface area contributed by atoms with Gasteiger partial charge in [0.1, 0.15) is 0 Å². The minimum Gasteiger partial charge on any atom is -0.399 e. The standard InChI is InChI=1S/C64H54N4/c1-45-15-11-23-57(41-45)66(58-24-12-16-46(2)42-58)55-35-29-50(30-36-55)63-61(49-27-33-52(65)34-28-49)39-40-62(68(53-19-7-5-8-20-53)54-21-9-6-10-22-54)64(63)51-31-37-56(38-32-51)67(59-25-13-17-47(3)43-59)60-26-14-18-48(4)44-60/h5-44H,65H2,1-4H3. The third-order valence-corrected chi connectivity index (χ3v) is 12.5. The third-order valence-electron chi connectivity index (χ3n) is 12.5. The zero-order valence-corrected chi connectivity index (χ0v) is 39.0. The summed E-state index contributed by atoms with van der Waals surface area (Å²) in [4.78, 5) is 7.09. The van der Waals surface area contributed by atoms with E-state index in [1.807, 2.05) is 12.1 Å². The lowest BCUT2D eigenvalue weighted by atomic mass is 9.85. The molecule has 68 heavy (non-hydrogen) atoms. The van der Waals surface area contributed by atoms with Crippen molar-refractivity contribution < 1.29 is 0 Å². The number of nitrogen functional groups attached to an aromatic ring is 1. The van der Waals surface area contributed by atoms with Gasteiger partial charge in [0.05, 0.1) is 5.69 Å². The second kappa shape index (κ2) is 19.1. The quantitative estimate of drug-likeness (QED) is 0.124. The van der Waals surface area contributed by atoms with Gasteiger partial charge in [-0.2, -0.15) is 0 Å². The maximum Gasteiger partial charge on any atom is 0.0546 e. The Labute approximate surface area is 401 Å². The number of hydrogen-bond acceptors (Lipinski definition) is 4. The van der Waals surface area contributed by atoms with E-state index in [4.69, 9.17) is 5.73 Å². The molecule has 4 nitrogen and oxygen atoms in total. The number of aryl methyl sites for hydroxylation is 4. The average molecular weight is 879 g/mol. The van der Waals surface area contributed by atoms with Gasteiger partial charge in [0.25, 0.3) is 0 Å². The molecule has 330 valence electrons. The average Bonchev–Trinajstić information content (AvgIpc) is 3.36. The molecule has 0 fully saturated rings. The Kier molecular flexibility index (Phi) is 12.2. The summed E-state index contributed by atoms with van der Waals surface area (Å²) in [7, 11) is 0. The van der Waals surface area contributed by atoms with Crippen molar-refractivity contribution in [3.8, 4) is 33.4 Å². The Morgan fingerprint density at radius 2 is 0.603 bits per heavy atom. The summed E-state index contributed by atoms with van der Waals surface area (Å²) in [5, 5.41) is 0. The number of anilines is 10. The highest BCUT2D eigenvalue weighted by Crippen LogP contribution is 2.50. The number of nitrogens with two attached hydrogens (primary N) is 1. The number of nitrogens with zero attached hydrogens (tertiary/aromatic N) is 3. The minimum atomic E-state index is 0.727. The van der Waals surface area contributed by atoms with Crippen LogP contribution in [0.15, 0.2) is 243 Å². The van der Waals surface area contributed by atoms with Gasteiger partial charge in [0.15, 0.2) is 0 Å². The van der Waals surface area contributed by atoms with Crippen molar-refractivity contribution in [2.24, 2.45) is 0 Å². The zero-order valence-electron chi connectivity index (χ0n) is 39.0. The van der Waals surface area contributed by atoms with Gasteiger partial charge in [-0.25, -0.2) is 0 Å². The maximum atomic E-state index is 6.35. The fourth-order valence-electron chi connectivity index (χ4n) is 9.37. The van der Waals surface area contributed by atoms with Crippen molar-refractivity contribution in [1.82, 2.24) is 0 Å². The molecular weight excluding hydrogens is 825 g/mol. The van der Waals surface area contributed by atoms with E-state index in [9.17, 15) is 0 Å². The molecule has 0 saturated carbocycles. The van der Waals surface area contributed by atoms with Crippen LogP contribution in [0.5, 0.6) is 0 Å². The van der Waals surface area contributed by atoms with E-state index in [0.717, 1.165) is 90.3 Å². The highest BCUT2D eigenvalue weighted by atomic mass is 15.2. The van der Waals surface area contributed by atoms with Crippen LogP contribution in [0.3, 0.4) is 0 Å². The molecular formula is C64H54N4. The summed E-state index contributed by atoms with van der Waals surface area (Å²) in [5.74, 6) is 0. The number of rotatable bonds is 12. The lowest BCUT2D eigenvalue weighted by Crippen LogP contribution is -2.12. The van der Waals surface area contributed by atoms with Crippen molar-refractivity contribution >= 4 is 56.9 Å². The summed E-state index contributed by atoms with van der Waals surface area (Å²) >= 11 is 0. The lowest BCUT2D eigenvalue weighted by molar-refractivity contribution is 1.26. The van der Waals surface area contributed by atoms with Crippen LogP contribution in [-0.2, 0) is 0 Å². The van der Waals surface area contributed by atoms with Gasteiger partial charge in [-0.15, -0.1) is 0 Å². The van der Waals surface area contributed by atoms with Crippen LogP contribution in [-0.4, -0.2) is 0 Å². The highest BCUT2D eigenvalue weighted by molar-refractivity contribution is 6.03. The number of para-hydroxylation sites is 2. The first-order chi connectivity index (χ1) is 33.3. The molecule has 0 bridgehead atoms. The second-order valence-electron chi connectivity index (χ2n) is 17.6. The molecule has 0 radical (unpaired) electrons. The summed E-state index contributed by atoms with van der Waals surface area (Å²) in [6.07, 6.45) is 0. The molecule has 4 heteroatoms. The Bertz CT molecular complexity index is 3190. The molecule has 0 saturated heterocycles. The van der Waals surface area contributed by atoms with E-state index in [1.165, 1.54) is 22.3 Å². The molecule has 0 aromatic heterocycles. The van der Waals surface area contributed by atoms with Gasteiger partial charge >= 0.3 is 0 Å². The van der Waals surface area contributed by atoms with Crippen LogP contribution in [0.1, 0.15) is 22.3 Å². The Morgan fingerprint density at radius 1 is 0.265 bits per heavy atom. The van der Waals surface area contributed by atoms with E-state index in [1.54, 1.807) is 0 Å². The molecule has 0 aliphatic carbocycles. The zero-order chi connectivity index (χ0) is 46.6. The van der Waals surface area contributed by atoms with Gasteiger partial charge < -0.3 is 20.4 Å². The molecule has 0 spiro atoms. The van der Waals surface area contributed by atoms with E-state index >= 15 is 0 Å². The van der Waals surface area contributed by atoms with Crippen molar-refractivity contribution in [2.45, 2.75) is 27.7 Å². The van der Waals surface area contributed by atoms with Crippen LogP contribution >= 0.6 is 0 Å². The highest BCUT2D eigenvalue weighted by Gasteiger charge is 2.25. The van der Waals surface area contributed by atoms with Gasteiger partial charge in [-0.1, -0.05) is 127 Å². The first-order valence-electron chi connectivity index (χ1n) is 23.3. The van der Waals surface area contributed by atoms with E-state index in [-0.39, 0.29) is 0 Å². The lowest BCUT2D eigenvalue weighted by Gasteiger charge is -2.31. The van der Waals surface area contributed by atoms with E-state index in [2.05, 4.69) is 273 Å². The molecule has 10 aromatic carbocycles. The topological polar surface area (TPSA) is 35.7 Å². The summed E-state index contributed by atoms with van der Waals surface area (Å²) in [6.45, 7) is 8.60. The molecule has 0 aliphatic rings. The van der Waals surface area contributed by atoms with Crippen molar-refractivity contribution in [1.29, 1.82) is 0 Å².